The van der Waals surface area contributed by atoms with E-state index in [4.69, 9.17) is 9.84 Å². The van der Waals surface area contributed by atoms with Crippen molar-refractivity contribution >= 4 is 16.9 Å². The lowest BCUT2D eigenvalue weighted by Crippen LogP contribution is -2.34. The summed E-state index contributed by atoms with van der Waals surface area (Å²) in [5.74, 6) is -1.32. The van der Waals surface area contributed by atoms with Crippen molar-refractivity contribution in [2.45, 2.75) is 6.10 Å². The predicted octanol–water partition coefficient (Wildman–Crippen LogP) is 0.989. The lowest BCUT2D eigenvalue weighted by molar-refractivity contribution is 0.0257. The lowest BCUT2D eigenvalue weighted by atomic mass is 10.1. The minimum Gasteiger partial charge on any atom is -0.475 e. The van der Waals surface area contributed by atoms with E-state index in [2.05, 4.69) is 15.3 Å². The van der Waals surface area contributed by atoms with Gasteiger partial charge in [0, 0.05) is 18.5 Å². The molecule has 1 fully saturated rings. The summed E-state index contributed by atoms with van der Waals surface area (Å²) in [5, 5.41) is 13.1. The van der Waals surface area contributed by atoms with Crippen molar-refractivity contribution in [2.75, 3.05) is 19.7 Å². The van der Waals surface area contributed by atoms with Gasteiger partial charge >= 0.3 is 5.97 Å². The maximum Gasteiger partial charge on any atom is 0.373 e. The summed E-state index contributed by atoms with van der Waals surface area (Å²) in [7, 11) is 0. The van der Waals surface area contributed by atoms with Gasteiger partial charge in [-0.1, -0.05) is 18.2 Å². The zero-order valence-corrected chi connectivity index (χ0v) is 10.2. The Bertz CT molecular complexity index is 624. The van der Waals surface area contributed by atoms with Gasteiger partial charge in [-0.05, 0) is 6.07 Å². The molecule has 0 saturated carbocycles. The quantitative estimate of drug-likeness (QED) is 0.836. The zero-order chi connectivity index (χ0) is 13.2. The molecule has 0 spiro atoms. The van der Waals surface area contributed by atoms with Crippen molar-refractivity contribution in [2.24, 2.45) is 0 Å². The molecule has 2 heterocycles. The van der Waals surface area contributed by atoms with Crippen LogP contribution in [0.1, 0.15) is 22.4 Å². The number of hydrogen-bond donors (Lipinski definition) is 2. The molecule has 1 atom stereocenters. The highest BCUT2D eigenvalue weighted by atomic mass is 16.5. The summed E-state index contributed by atoms with van der Waals surface area (Å²) in [6.45, 7) is 2.01. The van der Waals surface area contributed by atoms with Crippen molar-refractivity contribution < 1.29 is 14.6 Å². The molecule has 0 bridgehead atoms. The summed E-state index contributed by atoms with van der Waals surface area (Å²) in [5.41, 5.74) is 1.26. The highest BCUT2D eigenvalue weighted by Crippen LogP contribution is 2.24. The Kier molecular flexibility index (Phi) is 3.10. The fraction of sp³-hybridized carbons (Fsp3) is 0.308. The molecule has 1 aromatic heterocycles. The van der Waals surface area contributed by atoms with E-state index in [1.807, 2.05) is 18.2 Å². The Balaban J connectivity index is 2.16. The van der Waals surface area contributed by atoms with Crippen LogP contribution in [0.15, 0.2) is 24.3 Å². The number of nitrogens with zero attached hydrogens (tertiary/aromatic N) is 2. The van der Waals surface area contributed by atoms with Gasteiger partial charge in [0.05, 0.1) is 17.8 Å². The molecular formula is C13H13N3O3. The van der Waals surface area contributed by atoms with Gasteiger partial charge in [-0.15, -0.1) is 0 Å². The monoisotopic (exact) mass is 259 g/mol. The third-order valence-corrected chi connectivity index (χ3v) is 3.06. The van der Waals surface area contributed by atoms with Crippen molar-refractivity contribution in [3.8, 4) is 0 Å². The molecular weight excluding hydrogens is 246 g/mol. The van der Waals surface area contributed by atoms with E-state index in [1.54, 1.807) is 6.07 Å². The number of carbonyl (C=O) groups is 1. The third kappa shape index (κ3) is 2.27. The molecule has 1 aromatic carbocycles. The minimum absolute atomic E-state index is 0.192. The van der Waals surface area contributed by atoms with Gasteiger partial charge in [0.25, 0.3) is 0 Å². The van der Waals surface area contributed by atoms with Crippen LogP contribution in [-0.2, 0) is 4.74 Å². The van der Waals surface area contributed by atoms with E-state index in [9.17, 15) is 4.79 Å². The van der Waals surface area contributed by atoms with Crippen LogP contribution >= 0.6 is 0 Å². The summed E-state index contributed by atoms with van der Waals surface area (Å²) in [4.78, 5) is 19.3. The molecule has 2 N–H and O–H groups in total. The molecule has 6 nitrogen and oxygen atoms in total. The second-order valence-electron chi connectivity index (χ2n) is 4.32. The van der Waals surface area contributed by atoms with Gasteiger partial charge in [-0.3, -0.25) is 0 Å². The topological polar surface area (TPSA) is 84.3 Å². The summed E-state index contributed by atoms with van der Waals surface area (Å²) < 4.78 is 5.66. The van der Waals surface area contributed by atoms with Gasteiger partial charge in [-0.25, -0.2) is 14.8 Å². The van der Waals surface area contributed by atoms with Crippen LogP contribution in [0.2, 0.25) is 0 Å². The normalized spacial score (nSPS) is 19.5. The van der Waals surface area contributed by atoms with Gasteiger partial charge in [0.2, 0.25) is 5.82 Å². The maximum absolute atomic E-state index is 11.1. The molecule has 1 aliphatic heterocycles. The molecule has 19 heavy (non-hydrogen) atoms. The molecule has 1 saturated heterocycles. The molecule has 0 amide bonds. The SMILES string of the molecule is O=C(O)c1nc(C2CNCCO2)c2ccccc2n1. The van der Waals surface area contributed by atoms with Gasteiger partial charge < -0.3 is 15.2 Å². The number of para-hydroxylation sites is 1. The molecule has 1 unspecified atom stereocenters. The van der Waals surface area contributed by atoms with Crippen LogP contribution in [0.5, 0.6) is 0 Å². The number of rotatable bonds is 2. The first kappa shape index (κ1) is 12.0. The maximum atomic E-state index is 11.1. The van der Waals surface area contributed by atoms with Crippen molar-refractivity contribution in [1.82, 2.24) is 15.3 Å². The standard InChI is InChI=1S/C13H13N3O3/c17-13(18)12-15-9-4-2-1-3-8(9)11(16-12)10-7-14-5-6-19-10/h1-4,10,14H,5-7H2,(H,17,18). The van der Waals surface area contributed by atoms with Crippen LogP contribution in [0, 0.1) is 0 Å². The molecule has 6 heteroatoms. The summed E-state index contributed by atoms with van der Waals surface area (Å²) >= 11 is 0. The van der Waals surface area contributed by atoms with Crippen LogP contribution < -0.4 is 5.32 Å². The number of carboxylic acids is 1. The fourth-order valence-corrected chi connectivity index (χ4v) is 2.18. The van der Waals surface area contributed by atoms with E-state index >= 15 is 0 Å². The first-order valence-corrected chi connectivity index (χ1v) is 6.08. The number of hydrogen-bond acceptors (Lipinski definition) is 5. The Morgan fingerprint density at radius 1 is 1.37 bits per heavy atom. The van der Waals surface area contributed by atoms with E-state index in [0.717, 1.165) is 11.9 Å². The van der Waals surface area contributed by atoms with E-state index in [-0.39, 0.29) is 11.9 Å². The van der Waals surface area contributed by atoms with Crippen LogP contribution in [0.4, 0.5) is 0 Å². The number of nitrogens with one attached hydrogen (secondary N) is 1. The largest absolute Gasteiger partial charge is 0.475 e. The van der Waals surface area contributed by atoms with Gasteiger partial charge in [-0.2, -0.15) is 0 Å². The van der Waals surface area contributed by atoms with Crippen LogP contribution in [0.25, 0.3) is 10.9 Å². The Morgan fingerprint density at radius 2 is 2.21 bits per heavy atom. The average Bonchev–Trinajstić information content (AvgIpc) is 2.47. The highest BCUT2D eigenvalue weighted by molar-refractivity contribution is 5.88. The molecule has 98 valence electrons. The molecule has 0 radical (unpaired) electrons. The second kappa shape index (κ2) is 4.91. The van der Waals surface area contributed by atoms with E-state index < -0.39 is 5.97 Å². The first-order valence-electron chi connectivity index (χ1n) is 6.08. The Labute approximate surface area is 109 Å². The number of aromatic nitrogens is 2. The number of fused-ring (bicyclic) bond motifs is 1. The van der Waals surface area contributed by atoms with Crippen molar-refractivity contribution in [1.29, 1.82) is 0 Å². The predicted molar refractivity (Wildman–Crippen MR) is 68.1 cm³/mol. The third-order valence-electron chi connectivity index (χ3n) is 3.06. The first-order chi connectivity index (χ1) is 9.25. The summed E-state index contributed by atoms with van der Waals surface area (Å²) in [6, 6.07) is 7.37. The number of benzene rings is 1. The smallest absolute Gasteiger partial charge is 0.373 e. The van der Waals surface area contributed by atoms with Gasteiger partial charge in [0.1, 0.15) is 6.10 Å². The molecule has 2 aromatic rings. The Morgan fingerprint density at radius 3 is 2.95 bits per heavy atom. The van der Waals surface area contributed by atoms with Crippen molar-refractivity contribution in [3.63, 3.8) is 0 Å². The molecule has 3 rings (SSSR count). The lowest BCUT2D eigenvalue weighted by Gasteiger charge is -2.24. The van der Waals surface area contributed by atoms with Crippen LogP contribution in [0.3, 0.4) is 0 Å². The number of carboxylic acid groups (broad SMARTS) is 1. The molecule has 0 aliphatic carbocycles. The highest BCUT2D eigenvalue weighted by Gasteiger charge is 2.22. The average molecular weight is 259 g/mol. The van der Waals surface area contributed by atoms with E-state index in [1.165, 1.54) is 0 Å². The number of aromatic carboxylic acids is 1. The van der Waals surface area contributed by atoms with Gasteiger partial charge in [0.15, 0.2) is 0 Å². The minimum atomic E-state index is -1.13. The second-order valence-corrected chi connectivity index (χ2v) is 4.32. The summed E-state index contributed by atoms with van der Waals surface area (Å²) in [6.07, 6.45) is -0.236. The van der Waals surface area contributed by atoms with Crippen molar-refractivity contribution in [3.05, 3.63) is 35.8 Å². The number of morpholine rings is 1. The fourth-order valence-electron chi connectivity index (χ4n) is 2.18. The molecule has 1 aliphatic rings. The Hall–Kier alpha value is -2.05. The zero-order valence-electron chi connectivity index (χ0n) is 10.2. The van der Waals surface area contributed by atoms with Crippen LogP contribution in [-0.4, -0.2) is 40.7 Å². The number of ether oxygens (including phenoxy) is 1. The van der Waals surface area contributed by atoms with E-state index in [0.29, 0.717) is 24.4 Å².